The molecular weight excluding hydrogens is 354 g/mol. The molecule has 0 atom stereocenters. The Morgan fingerprint density at radius 2 is 1.96 bits per heavy atom. The van der Waals surface area contributed by atoms with Gasteiger partial charge in [-0.25, -0.2) is 4.99 Å². The molecule has 0 saturated carbocycles. The normalized spacial score (nSPS) is 16.3. The fourth-order valence-electron chi connectivity index (χ4n) is 3.66. The van der Waals surface area contributed by atoms with Crippen LogP contribution in [0.4, 0.5) is 5.69 Å². The number of carbonyl (C=O) groups excluding carboxylic acids is 1. The van der Waals surface area contributed by atoms with Gasteiger partial charge in [-0.2, -0.15) is 0 Å². The Hall–Kier alpha value is -2.86. The average molecular weight is 379 g/mol. The van der Waals surface area contributed by atoms with Crippen molar-refractivity contribution in [1.29, 1.82) is 0 Å². The van der Waals surface area contributed by atoms with E-state index in [1.165, 1.54) is 0 Å². The van der Waals surface area contributed by atoms with E-state index in [1.807, 2.05) is 54.3 Å². The molecule has 4 rings (SSSR count). The van der Waals surface area contributed by atoms with Crippen molar-refractivity contribution in [2.24, 2.45) is 4.99 Å². The van der Waals surface area contributed by atoms with Crippen LogP contribution in [-0.2, 0) is 9.53 Å². The molecule has 0 unspecified atom stereocenters. The van der Waals surface area contributed by atoms with Gasteiger partial charge in [0, 0.05) is 33.3 Å². The van der Waals surface area contributed by atoms with Crippen LogP contribution in [0, 0.1) is 6.92 Å². The molecule has 0 N–H and O–H groups in total. The Balaban J connectivity index is 1.67. The minimum atomic E-state index is 0.0386. The van der Waals surface area contributed by atoms with Crippen molar-refractivity contribution in [3.63, 3.8) is 0 Å². The number of hydrogen-bond acceptors (Lipinski definition) is 5. The van der Waals surface area contributed by atoms with Gasteiger partial charge in [-0.15, -0.1) is 0 Å². The van der Waals surface area contributed by atoms with Gasteiger partial charge in [0.05, 0.1) is 5.56 Å². The number of fused-ring (bicyclic) bond motifs is 2. The molecule has 0 aromatic heterocycles. The zero-order chi connectivity index (χ0) is 19.5. The van der Waals surface area contributed by atoms with Crippen LogP contribution in [0.25, 0.3) is 0 Å². The van der Waals surface area contributed by atoms with Gasteiger partial charge < -0.3 is 19.3 Å². The predicted molar refractivity (Wildman–Crippen MR) is 109 cm³/mol. The molecule has 1 saturated heterocycles. The zero-order valence-electron chi connectivity index (χ0n) is 16.4. The van der Waals surface area contributed by atoms with E-state index in [9.17, 15) is 4.79 Å². The number of rotatable bonds is 2. The fraction of sp³-hybridized carbons (Fsp3) is 0.364. The number of amidine groups is 1. The molecule has 2 aliphatic heterocycles. The highest BCUT2D eigenvalue weighted by Gasteiger charge is 2.25. The zero-order valence-corrected chi connectivity index (χ0v) is 16.4. The SMILES string of the molecule is COCC(=O)N1CCCN(C2=Nc3ccc(C)cc3Oc3ccccc32)CC1. The maximum atomic E-state index is 12.2. The second kappa shape index (κ2) is 8.02. The Morgan fingerprint density at radius 3 is 2.82 bits per heavy atom. The Labute approximate surface area is 165 Å². The van der Waals surface area contributed by atoms with E-state index >= 15 is 0 Å². The second-order valence-electron chi connectivity index (χ2n) is 7.16. The average Bonchev–Trinajstić information content (AvgIpc) is 3.02. The minimum absolute atomic E-state index is 0.0386. The molecular formula is C22H25N3O3. The van der Waals surface area contributed by atoms with Crippen molar-refractivity contribution in [3.05, 3.63) is 53.6 Å². The number of ether oxygens (including phenoxy) is 2. The largest absolute Gasteiger partial charge is 0.454 e. The molecule has 0 bridgehead atoms. The van der Waals surface area contributed by atoms with Gasteiger partial charge in [0.1, 0.15) is 23.9 Å². The summed E-state index contributed by atoms with van der Waals surface area (Å²) in [6.45, 7) is 5.13. The van der Waals surface area contributed by atoms with E-state index in [0.29, 0.717) is 6.54 Å². The van der Waals surface area contributed by atoms with Crippen LogP contribution in [0.15, 0.2) is 47.5 Å². The lowest BCUT2D eigenvalue weighted by Crippen LogP contribution is -2.38. The van der Waals surface area contributed by atoms with Crippen LogP contribution < -0.4 is 4.74 Å². The lowest BCUT2D eigenvalue weighted by molar-refractivity contribution is -0.134. The van der Waals surface area contributed by atoms with Gasteiger partial charge in [0.2, 0.25) is 5.91 Å². The van der Waals surface area contributed by atoms with E-state index in [0.717, 1.165) is 60.2 Å². The van der Waals surface area contributed by atoms with E-state index < -0.39 is 0 Å². The van der Waals surface area contributed by atoms with Gasteiger partial charge in [0.25, 0.3) is 0 Å². The van der Waals surface area contributed by atoms with Gasteiger partial charge >= 0.3 is 0 Å². The number of carbonyl (C=O) groups is 1. The lowest BCUT2D eigenvalue weighted by Gasteiger charge is -2.25. The van der Waals surface area contributed by atoms with Crippen molar-refractivity contribution in [2.45, 2.75) is 13.3 Å². The molecule has 1 amide bonds. The van der Waals surface area contributed by atoms with E-state index in [-0.39, 0.29) is 12.5 Å². The number of aryl methyl sites for hydroxylation is 1. The molecule has 2 aliphatic rings. The summed E-state index contributed by atoms with van der Waals surface area (Å²) in [4.78, 5) is 21.3. The van der Waals surface area contributed by atoms with Crippen molar-refractivity contribution < 1.29 is 14.3 Å². The summed E-state index contributed by atoms with van der Waals surface area (Å²) in [6.07, 6.45) is 0.887. The van der Waals surface area contributed by atoms with E-state index in [4.69, 9.17) is 14.5 Å². The van der Waals surface area contributed by atoms with Crippen LogP contribution in [-0.4, -0.2) is 61.4 Å². The first-order valence-electron chi connectivity index (χ1n) is 9.64. The maximum absolute atomic E-state index is 12.2. The third kappa shape index (κ3) is 3.73. The third-order valence-electron chi connectivity index (χ3n) is 5.11. The van der Waals surface area contributed by atoms with Crippen molar-refractivity contribution in [3.8, 4) is 11.5 Å². The summed E-state index contributed by atoms with van der Waals surface area (Å²) in [5.41, 5.74) is 2.94. The highest BCUT2D eigenvalue weighted by Crippen LogP contribution is 2.38. The molecule has 28 heavy (non-hydrogen) atoms. The summed E-state index contributed by atoms with van der Waals surface area (Å²) in [6, 6.07) is 14.1. The predicted octanol–water partition coefficient (Wildman–Crippen LogP) is 3.36. The number of hydrogen-bond donors (Lipinski definition) is 0. The monoisotopic (exact) mass is 379 g/mol. The first kappa shape index (κ1) is 18.5. The van der Waals surface area contributed by atoms with Gasteiger partial charge in [-0.05, 0) is 43.2 Å². The summed E-state index contributed by atoms with van der Waals surface area (Å²) in [5, 5.41) is 0. The highest BCUT2D eigenvalue weighted by molar-refractivity contribution is 6.03. The van der Waals surface area contributed by atoms with E-state index in [2.05, 4.69) is 4.90 Å². The van der Waals surface area contributed by atoms with Crippen LogP contribution in [0.3, 0.4) is 0 Å². The summed E-state index contributed by atoms with van der Waals surface area (Å²) >= 11 is 0. The van der Waals surface area contributed by atoms with E-state index in [1.54, 1.807) is 7.11 Å². The smallest absolute Gasteiger partial charge is 0.248 e. The molecule has 1 fully saturated rings. The summed E-state index contributed by atoms with van der Waals surface area (Å²) < 4.78 is 11.2. The van der Waals surface area contributed by atoms with Crippen molar-refractivity contribution in [1.82, 2.24) is 9.80 Å². The van der Waals surface area contributed by atoms with Crippen LogP contribution in [0.1, 0.15) is 17.5 Å². The number of aliphatic imine (C=N–C) groups is 1. The first-order valence-corrected chi connectivity index (χ1v) is 9.64. The Morgan fingerprint density at radius 1 is 1.11 bits per heavy atom. The van der Waals surface area contributed by atoms with Crippen LogP contribution >= 0.6 is 0 Å². The van der Waals surface area contributed by atoms with Gasteiger partial charge in [-0.3, -0.25) is 4.79 Å². The first-order chi connectivity index (χ1) is 13.7. The van der Waals surface area contributed by atoms with Crippen LogP contribution in [0.5, 0.6) is 11.5 Å². The number of benzene rings is 2. The molecule has 146 valence electrons. The Kier molecular flexibility index (Phi) is 5.30. The maximum Gasteiger partial charge on any atom is 0.248 e. The molecule has 2 aromatic carbocycles. The molecule has 0 spiro atoms. The molecule has 0 aliphatic carbocycles. The minimum Gasteiger partial charge on any atom is -0.454 e. The van der Waals surface area contributed by atoms with Gasteiger partial charge in [0.15, 0.2) is 5.75 Å². The number of amides is 1. The van der Waals surface area contributed by atoms with Crippen LogP contribution in [0.2, 0.25) is 0 Å². The number of nitrogens with zero attached hydrogens (tertiary/aromatic N) is 3. The standard InChI is InChI=1S/C22H25N3O3/c1-16-8-9-18-20(14-16)28-19-7-4-3-6-17(19)22(23-18)25-11-5-10-24(12-13-25)21(26)15-27-2/h3-4,6-9,14H,5,10-13,15H2,1-2H3. The Bertz CT molecular complexity index is 910. The highest BCUT2D eigenvalue weighted by atomic mass is 16.5. The second-order valence-corrected chi connectivity index (χ2v) is 7.16. The summed E-state index contributed by atoms with van der Waals surface area (Å²) in [5.74, 6) is 2.52. The summed E-state index contributed by atoms with van der Waals surface area (Å²) in [7, 11) is 1.55. The quantitative estimate of drug-likeness (QED) is 0.803. The number of methoxy groups -OCH3 is 1. The van der Waals surface area contributed by atoms with Crippen molar-refractivity contribution in [2.75, 3.05) is 39.9 Å². The lowest BCUT2D eigenvalue weighted by atomic mass is 10.1. The van der Waals surface area contributed by atoms with Gasteiger partial charge in [-0.1, -0.05) is 18.2 Å². The molecule has 0 radical (unpaired) electrons. The molecule has 6 nitrogen and oxygen atoms in total. The molecule has 6 heteroatoms. The topological polar surface area (TPSA) is 54.4 Å². The molecule has 2 aromatic rings. The van der Waals surface area contributed by atoms with Crippen molar-refractivity contribution >= 4 is 17.4 Å². The molecule has 2 heterocycles. The number of para-hydroxylation sites is 1. The third-order valence-corrected chi connectivity index (χ3v) is 5.11. The fourth-order valence-corrected chi connectivity index (χ4v) is 3.66.